The molecule has 1 fully saturated rings. The molecule has 2 rings (SSSR count). The molecule has 0 aliphatic carbocycles. The van der Waals surface area contributed by atoms with Crippen LogP contribution in [0.15, 0.2) is 30.3 Å². The normalized spacial score (nSPS) is 24.7. The third kappa shape index (κ3) is 3.35. The number of hydrogen-bond donors (Lipinski definition) is 1. The molecule has 5 heteroatoms. The molecule has 106 valence electrons. The van der Waals surface area contributed by atoms with Gasteiger partial charge >= 0.3 is 0 Å². The first-order valence-corrected chi connectivity index (χ1v) is 8.44. The van der Waals surface area contributed by atoms with Gasteiger partial charge in [0, 0.05) is 25.0 Å². The summed E-state index contributed by atoms with van der Waals surface area (Å²) in [6.45, 7) is 2.95. The lowest BCUT2D eigenvalue weighted by molar-refractivity contribution is 0.468. The summed E-state index contributed by atoms with van der Waals surface area (Å²) in [7, 11) is -3.14. The summed E-state index contributed by atoms with van der Waals surface area (Å²) in [4.78, 5) is 0. The van der Waals surface area contributed by atoms with E-state index in [1.54, 1.807) is 4.31 Å². The quantitative estimate of drug-likeness (QED) is 0.891. The van der Waals surface area contributed by atoms with Crippen LogP contribution in [0.3, 0.4) is 0 Å². The van der Waals surface area contributed by atoms with Crippen LogP contribution in [-0.2, 0) is 10.0 Å². The smallest absolute Gasteiger partial charge is 0.214 e. The van der Waals surface area contributed by atoms with Crippen LogP contribution in [-0.4, -0.2) is 37.6 Å². The van der Waals surface area contributed by atoms with Crippen molar-refractivity contribution in [2.24, 2.45) is 5.73 Å². The Morgan fingerprint density at radius 2 is 1.95 bits per heavy atom. The van der Waals surface area contributed by atoms with E-state index >= 15 is 0 Å². The molecular formula is C14H22N2O2S. The zero-order valence-corrected chi connectivity index (χ0v) is 12.1. The van der Waals surface area contributed by atoms with Crippen molar-refractivity contribution < 1.29 is 8.42 Å². The predicted molar refractivity (Wildman–Crippen MR) is 77.4 cm³/mol. The van der Waals surface area contributed by atoms with Crippen LogP contribution >= 0.6 is 0 Å². The lowest BCUT2D eigenvalue weighted by Gasteiger charge is -2.16. The summed E-state index contributed by atoms with van der Waals surface area (Å²) >= 11 is 0. The number of benzene rings is 1. The Morgan fingerprint density at radius 1 is 1.26 bits per heavy atom. The second kappa shape index (κ2) is 6.03. The maximum Gasteiger partial charge on any atom is 0.214 e. The molecule has 1 aromatic carbocycles. The van der Waals surface area contributed by atoms with Crippen molar-refractivity contribution in [1.82, 2.24) is 4.31 Å². The highest BCUT2D eigenvalue weighted by molar-refractivity contribution is 7.89. The summed E-state index contributed by atoms with van der Waals surface area (Å²) in [6.07, 6.45) is 1.60. The van der Waals surface area contributed by atoms with E-state index < -0.39 is 10.0 Å². The van der Waals surface area contributed by atoms with E-state index in [4.69, 9.17) is 5.73 Å². The van der Waals surface area contributed by atoms with E-state index in [0.717, 1.165) is 12.0 Å². The molecule has 0 radical (unpaired) electrons. The fourth-order valence-corrected chi connectivity index (χ4v) is 4.23. The monoisotopic (exact) mass is 282 g/mol. The molecule has 2 atom stereocenters. The molecule has 1 heterocycles. The van der Waals surface area contributed by atoms with Crippen molar-refractivity contribution in [2.75, 3.05) is 18.8 Å². The van der Waals surface area contributed by atoms with Crippen molar-refractivity contribution in [3.63, 3.8) is 0 Å². The van der Waals surface area contributed by atoms with Gasteiger partial charge in [-0.1, -0.05) is 43.7 Å². The molecule has 0 spiro atoms. The summed E-state index contributed by atoms with van der Waals surface area (Å²) in [5, 5.41) is 0. The van der Waals surface area contributed by atoms with E-state index in [9.17, 15) is 8.42 Å². The Labute approximate surface area is 115 Å². The number of hydrogen-bond acceptors (Lipinski definition) is 3. The van der Waals surface area contributed by atoms with Gasteiger partial charge in [-0.15, -0.1) is 0 Å². The second-order valence-electron chi connectivity index (χ2n) is 5.17. The first-order valence-electron chi connectivity index (χ1n) is 6.83. The number of sulfonamides is 1. The fourth-order valence-electron chi connectivity index (χ4n) is 2.53. The minimum atomic E-state index is -3.14. The maximum absolute atomic E-state index is 12.2. The predicted octanol–water partition coefficient (Wildman–Crippen LogP) is 1.54. The average molecular weight is 282 g/mol. The van der Waals surface area contributed by atoms with Gasteiger partial charge in [0.15, 0.2) is 0 Å². The lowest BCUT2D eigenvalue weighted by Crippen LogP contribution is -2.33. The van der Waals surface area contributed by atoms with Gasteiger partial charge in [0.25, 0.3) is 0 Å². The van der Waals surface area contributed by atoms with Gasteiger partial charge in [0.1, 0.15) is 0 Å². The third-order valence-corrected chi connectivity index (χ3v) is 5.60. The largest absolute Gasteiger partial charge is 0.326 e. The van der Waals surface area contributed by atoms with Crippen LogP contribution in [0, 0.1) is 0 Å². The molecule has 2 N–H and O–H groups in total. The van der Waals surface area contributed by atoms with Crippen LogP contribution in [0.25, 0.3) is 0 Å². The van der Waals surface area contributed by atoms with Gasteiger partial charge < -0.3 is 5.73 Å². The van der Waals surface area contributed by atoms with Gasteiger partial charge in [-0.2, -0.15) is 4.31 Å². The molecule has 0 amide bonds. The van der Waals surface area contributed by atoms with Gasteiger partial charge in [0.05, 0.1) is 5.75 Å². The zero-order chi connectivity index (χ0) is 13.9. The molecule has 1 aromatic rings. The standard InChI is InChI=1S/C14H22N2O2S/c1-2-3-9-19(17,18)16-10-13(14(15)11-16)12-7-5-4-6-8-12/h4-8,13-14H,2-3,9-11,15H2,1H3/t13-,14+/m0/s1. The van der Waals surface area contributed by atoms with Crippen LogP contribution in [0.4, 0.5) is 0 Å². The van der Waals surface area contributed by atoms with Gasteiger partial charge in [-0.25, -0.2) is 8.42 Å². The van der Waals surface area contributed by atoms with E-state index in [2.05, 4.69) is 0 Å². The van der Waals surface area contributed by atoms with Crippen LogP contribution < -0.4 is 5.73 Å². The van der Waals surface area contributed by atoms with Crippen LogP contribution in [0.5, 0.6) is 0 Å². The zero-order valence-electron chi connectivity index (χ0n) is 11.3. The highest BCUT2D eigenvalue weighted by Gasteiger charge is 2.36. The summed E-state index contributed by atoms with van der Waals surface area (Å²) in [5.74, 6) is 0.343. The molecule has 4 nitrogen and oxygen atoms in total. The number of nitrogens with two attached hydrogens (primary N) is 1. The van der Waals surface area contributed by atoms with Gasteiger partial charge in [0.2, 0.25) is 10.0 Å². The maximum atomic E-state index is 12.2. The van der Waals surface area contributed by atoms with Crippen molar-refractivity contribution in [3.8, 4) is 0 Å². The molecule has 1 saturated heterocycles. The van der Waals surface area contributed by atoms with Crippen LogP contribution in [0.2, 0.25) is 0 Å². The Kier molecular flexibility index (Phi) is 4.60. The topological polar surface area (TPSA) is 63.4 Å². The third-order valence-electron chi connectivity index (χ3n) is 3.71. The fraction of sp³-hybridized carbons (Fsp3) is 0.571. The molecule has 0 aromatic heterocycles. The van der Waals surface area contributed by atoms with Crippen molar-refractivity contribution in [2.45, 2.75) is 31.7 Å². The van der Waals surface area contributed by atoms with Crippen molar-refractivity contribution >= 4 is 10.0 Å². The summed E-state index contributed by atoms with van der Waals surface area (Å²) < 4.78 is 25.9. The molecular weight excluding hydrogens is 260 g/mol. The van der Waals surface area contributed by atoms with Gasteiger partial charge in [-0.3, -0.25) is 0 Å². The number of rotatable bonds is 5. The minimum Gasteiger partial charge on any atom is -0.326 e. The second-order valence-corrected chi connectivity index (χ2v) is 7.26. The number of unbranched alkanes of at least 4 members (excludes halogenated alkanes) is 1. The lowest BCUT2D eigenvalue weighted by atomic mass is 9.95. The van der Waals surface area contributed by atoms with E-state index in [-0.39, 0.29) is 17.7 Å². The Bertz CT molecular complexity index is 501. The highest BCUT2D eigenvalue weighted by Crippen LogP contribution is 2.28. The average Bonchev–Trinajstić information content (AvgIpc) is 2.80. The first-order chi connectivity index (χ1) is 9.04. The molecule has 0 saturated carbocycles. The Morgan fingerprint density at radius 3 is 2.58 bits per heavy atom. The molecule has 0 bridgehead atoms. The van der Waals surface area contributed by atoms with Gasteiger partial charge in [-0.05, 0) is 12.0 Å². The van der Waals surface area contributed by atoms with E-state index in [1.165, 1.54) is 0 Å². The molecule has 1 aliphatic heterocycles. The van der Waals surface area contributed by atoms with Crippen molar-refractivity contribution in [1.29, 1.82) is 0 Å². The van der Waals surface area contributed by atoms with E-state index in [0.29, 0.717) is 19.5 Å². The summed E-state index contributed by atoms with van der Waals surface area (Å²) in [6, 6.07) is 9.82. The Hall–Kier alpha value is -0.910. The Balaban J connectivity index is 2.09. The number of nitrogens with zero attached hydrogens (tertiary/aromatic N) is 1. The van der Waals surface area contributed by atoms with Crippen molar-refractivity contribution in [3.05, 3.63) is 35.9 Å². The van der Waals surface area contributed by atoms with Crippen LogP contribution in [0.1, 0.15) is 31.2 Å². The van der Waals surface area contributed by atoms with E-state index in [1.807, 2.05) is 37.3 Å². The summed E-state index contributed by atoms with van der Waals surface area (Å²) in [5.41, 5.74) is 7.25. The minimum absolute atomic E-state index is 0.109. The molecule has 1 aliphatic rings. The SMILES string of the molecule is CCCCS(=O)(=O)N1C[C@@H](N)[C@H](c2ccccc2)C1. The first kappa shape index (κ1) is 14.5. The highest BCUT2D eigenvalue weighted by atomic mass is 32.2. The molecule has 19 heavy (non-hydrogen) atoms. The molecule has 0 unspecified atom stereocenters.